The van der Waals surface area contributed by atoms with E-state index >= 15 is 0 Å². The van der Waals surface area contributed by atoms with E-state index < -0.39 is 0 Å². The molecule has 0 aromatic rings. The minimum Gasteiger partial charge on any atom is -0.377 e. The molecule has 14 heavy (non-hydrogen) atoms. The van der Waals surface area contributed by atoms with Gasteiger partial charge in [0.15, 0.2) is 0 Å². The lowest BCUT2D eigenvalue weighted by molar-refractivity contribution is 0.0668. The van der Waals surface area contributed by atoms with Gasteiger partial charge < -0.3 is 10.1 Å². The van der Waals surface area contributed by atoms with Gasteiger partial charge in [0.05, 0.1) is 12.7 Å². The normalized spacial score (nSPS) is 13.9. The van der Waals surface area contributed by atoms with Crippen LogP contribution in [-0.4, -0.2) is 37.3 Å². The monoisotopic (exact) mass is 219 g/mol. The molecule has 0 aliphatic rings. The second kappa shape index (κ2) is 8.57. The van der Waals surface area contributed by atoms with E-state index in [-0.39, 0.29) is 0 Å². The number of hydrogen-bond acceptors (Lipinski definition) is 3. The molecule has 0 aliphatic heterocycles. The Hall–Kier alpha value is 0.270. The summed E-state index contributed by atoms with van der Waals surface area (Å²) >= 11 is 2.00. The Bertz CT molecular complexity index is 128. The van der Waals surface area contributed by atoms with Crippen LogP contribution in [0, 0.1) is 5.92 Å². The number of likely N-dealkylation sites (N-methyl/N-ethyl adjacent to an activating group) is 1. The van der Waals surface area contributed by atoms with Crippen LogP contribution < -0.4 is 5.32 Å². The number of hydrogen-bond donors (Lipinski definition) is 1. The quantitative estimate of drug-likeness (QED) is 0.677. The third-order valence-electron chi connectivity index (χ3n) is 1.81. The highest BCUT2D eigenvalue weighted by molar-refractivity contribution is 7.99. The molecule has 0 radical (unpaired) electrons. The molecule has 0 saturated heterocycles. The zero-order valence-electron chi connectivity index (χ0n) is 10.2. The lowest BCUT2D eigenvalue weighted by Gasteiger charge is -2.18. The maximum absolute atomic E-state index is 5.58. The van der Waals surface area contributed by atoms with Gasteiger partial charge in [-0.2, -0.15) is 11.8 Å². The van der Waals surface area contributed by atoms with Crippen molar-refractivity contribution in [1.82, 2.24) is 5.32 Å². The first kappa shape index (κ1) is 14.3. The molecule has 0 aromatic heterocycles. The number of thioether (sulfide) groups is 1. The molecule has 1 unspecified atom stereocenters. The standard InChI is InChI=1S/C11H25NOS/c1-9(2)7-14-8-11(12-5)6-13-10(3)4/h9-12H,6-8H2,1-5H3. The summed E-state index contributed by atoms with van der Waals surface area (Å²) in [6.45, 7) is 9.49. The van der Waals surface area contributed by atoms with Gasteiger partial charge in [0.1, 0.15) is 0 Å². The molecule has 0 spiro atoms. The van der Waals surface area contributed by atoms with Gasteiger partial charge in [-0.25, -0.2) is 0 Å². The van der Waals surface area contributed by atoms with E-state index in [4.69, 9.17) is 4.74 Å². The van der Waals surface area contributed by atoms with Crippen LogP contribution in [0.2, 0.25) is 0 Å². The van der Waals surface area contributed by atoms with E-state index in [1.807, 2.05) is 18.8 Å². The van der Waals surface area contributed by atoms with Gasteiger partial charge in [0, 0.05) is 11.8 Å². The summed E-state index contributed by atoms with van der Waals surface area (Å²) in [6.07, 6.45) is 0.334. The van der Waals surface area contributed by atoms with E-state index in [1.165, 1.54) is 5.75 Å². The third-order valence-corrected chi connectivity index (χ3v) is 3.35. The second-order valence-corrected chi connectivity index (χ2v) is 5.37. The summed E-state index contributed by atoms with van der Waals surface area (Å²) in [4.78, 5) is 0. The molecule has 3 heteroatoms. The minimum absolute atomic E-state index is 0.334. The summed E-state index contributed by atoms with van der Waals surface area (Å²) in [5.41, 5.74) is 0. The Morgan fingerprint density at radius 2 is 1.79 bits per heavy atom. The molecule has 2 nitrogen and oxygen atoms in total. The van der Waals surface area contributed by atoms with Gasteiger partial charge in [-0.05, 0) is 32.6 Å². The predicted octanol–water partition coefficient (Wildman–Crippen LogP) is 2.39. The van der Waals surface area contributed by atoms with Gasteiger partial charge in [0.2, 0.25) is 0 Å². The van der Waals surface area contributed by atoms with E-state index in [1.54, 1.807) is 0 Å². The molecule has 0 heterocycles. The summed E-state index contributed by atoms with van der Waals surface area (Å²) in [6, 6.07) is 0.487. The molecule has 1 atom stereocenters. The van der Waals surface area contributed by atoms with Crippen LogP contribution in [0.4, 0.5) is 0 Å². The second-order valence-electron chi connectivity index (χ2n) is 4.30. The van der Waals surface area contributed by atoms with Crippen LogP contribution in [0.5, 0.6) is 0 Å². The first-order valence-electron chi connectivity index (χ1n) is 5.42. The lowest BCUT2D eigenvalue weighted by Crippen LogP contribution is -2.34. The summed E-state index contributed by atoms with van der Waals surface area (Å²) in [5, 5.41) is 3.29. The molecule has 0 aromatic carbocycles. The molecule has 0 saturated carbocycles. The number of nitrogens with one attached hydrogen (secondary N) is 1. The van der Waals surface area contributed by atoms with Crippen molar-refractivity contribution in [2.24, 2.45) is 5.92 Å². The van der Waals surface area contributed by atoms with E-state index in [0.717, 1.165) is 18.3 Å². The average Bonchev–Trinajstić information content (AvgIpc) is 2.10. The maximum Gasteiger partial charge on any atom is 0.0631 e. The average molecular weight is 219 g/mol. The van der Waals surface area contributed by atoms with E-state index in [2.05, 4.69) is 33.0 Å². The van der Waals surface area contributed by atoms with E-state index in [9.17, 15) is 0 Å². The van der Waals surface area contributed by atoms with Crippen molar-refractivity contribution in [3.63, 3.8) is 0 Å². The van der Waals surface area contributed by atoms with E-state index in [0.29, 0.717) is 12.1 Å². The van der Waals surface area contributed by atoms with Crippen molar-refractivity contribution in [3.05, 3.63) is 0 Å². The van der Waals surface area contributed by atoms with Crippen molar-refractivity contribution >= 4 is 11.8 Å². The third kappa shape index (κ3) is 8.85. The molecule has 0 aliphatic carbocycles. The smallest absolute Gasteiger partial charge is 0.0631 e. The van der Waals surface area contributed by atoms with Crippen molar-refractivity contribution in [2.45, 2.75) is 39.8 Å². The molecule has 1 N–H and O–H groups in total. The Morgan fingerprint density at radius 1 is 1.14 bits per heavy atom. The van der Waals surface area contributed by atoms with Gasteiger partial charge >= 0.3 is 0 Å². The summed E-state index contributed by atoms with van der Waals surface area (Å²) in [5.74, 6) is 3.16. The van der Waals surface area contributed by atoms with Crippen LogP contribution in [0.1, 0.15) is 27.7 Å². The van der Waals surface area contributed by atoms with Gasteiger partial charge in [-0.3, -0.25) is 0 Å². The highest BCUT2D eigenvalue weighted by atomic mass is 32.2. The first-order valence-corrected chi connectivity index (χ1v) is 6.58. The Labute approximate surface area is 93.2 Å². The lowest BCUT2D eigenvalue weighted by atomic mass is 10.3. The fourth-order valence-corrected chi connectivity index (χ4v) is 2.12. The van der Waals surface area contributed by atoms with Gasteiger partial charge in [0.25, 0.3) is 0 Å². The predicted molar refractivity (Wildman–Crippen MR) is 66.1 cm³/mol. The van der Waals surface area contributed by atoms with Crippen LogP contribution in [-0.2, 0) is 4.74 Å². The van der Waals surface area contributed by atoms with Crippen LogP contribution in [0.25, 0.3) is 0 Å². The Morgan fingerprint density at radius 3 is 2.21 bits per heavy atom. The maximum atomic E-state index is 5.58. The van der Waals surface area contributed by atoms with Crippen LogP contribution >= 0.6 is 11.8 Å². The zero-order valence-corrected chi connectivity index (χ0v) is 11.0. The van der Waals surface area contributed by atoms with Crippen molar-refractivity contribution in [3.8, 4) is 0 Å². The molecule has 0 bridgehead atoms. The SMILES string of the molecule is CNC(COC(C)C)CSCC(C)C. The largest absolute Gasteiger partial charge is 0.377 e. The minimum atomic E-state index is 0.334. The van der Waals surface area contributed by atoms with Gasteiger partial charge in [-0.15, -0.1) is 0 Å². The van der Waals surface area contributed by atoms with Crippen LogP contribution in [0.3, 0.4) is 0 Å². The zero-order chi connectivity index (χ0) is 11.0. The fraction of sp³-hybridized carbons (Fsp3) is 1.00. The topological polar surface area (TPSA) is 21.3 Å². The number of rotatable bonds is 8. The highest BCUT2D eigenvalue weighted by Crippen LogP contribution is 2.09. The molecule has 0 amide bonds. The van der Waals surface area contributed by atoms with Gasteiger partial charge in [-0.1, -0.05) is 13.8 Å². The Kier molecular flexibility index (Phi) is 8.73. The fourth-order valence-electron chi connectivity index (χ4n) is 0.969. The Balaban J connectivity index is 3.48. The molecule has 0 rings (SSSR count). The van der Waals surface area contributed by atoms with Crippen LogP contribution in [0.15, 0.2) is 0 Å². The molecular formula is C11H25NOS. The molecular weight excluding hydrogens is 194 g/mol. The summed E-state index contributed by atoms with van der Waals surface area (Å²) < 4.78 is 5.58. The highest BCUT2D eigenvalue weighted by Gasteiger charge is 2.07. The summed E-state index contributed by atoms with van der Waals surface area (Å²) in [7, 11) is 2.00. The molecule has 86 valence electrons. The first-order chi connectivity index (χ1) is 6.56. The van der Waals surface area contributed by atoms with Crippen molar-refractivity contribution in [2.75, 3.05) is 25.2 Å². The number of ether oxygens (including phenoxy) is 1. The molecule has 0 fully saturated rings. The van der Waals surface area contributed by atoms with Crippen molar-refractivity contribution < 1.29 is 4.74 Å². The van der Waals surface area contributed by atoms with Crippen molar-refractivity contribution in [1.29, 1.82) is 0 Å².